The zero-order chi connectivity index (χ0) is 18.8. The Morgan fingerprint density at radius 3 is 2.63 bits per heavy atom. The molecule has 1 fully saturated rings. The third kappa shape index (κ3) is 8.13. The summed E-state index contributed by atoms with van der Waals surface area (Å²) in [6.45, 7) is 9.43. The Balaban J connectivity index is 0.00000364. The zero-order valence-corrected chi connectivity index (χ0v) is 19.4. The first kappa shape index (κ1) is 23.8. The molecule has 0 spiro atoms. The maximum Gasteiger partial charge on any atom is 0.195 e. The summed E-state index contributed by atoms with van der Waals surface area (Å²) in [7, 11) is 3.43. The number of anilines is 1. The predicted molar refractivity (Wildman–Crippen MR) is 124 cm³/mol. The third-order valence-electron chi connectivity index (χ3n) is 4.77. The minimum absolute atomic E-state index is 0. The van der Waals surface area contributed by atoms with Crippen LogP contribution in [0.25, 0.3) is 0 Å². The molecule has 0 unspecified atom stereocenters. The number of benzene rings is 1. The van der Waals surface area contributed by atoms with E-state index in [2.05, 4.69) is 27.4 Å². The van der Waals surface area contributed by atoms with Gasteiger partial charge in [-0.1, -0.05) is 6.92 Å². The van der Waals surface area contributed by atoms with Crippen molar-refractivity contribution >= 4 is 35.6 Å². The summed E-state index contributed by atoms with van der Waals surface area (Å²) in [5.41, 5.74) is 0.923. The molecule has 0 atom stereocenters. The molecule has 0 amide bonds. The minimum Gasteiger partial charge on any atom is -0.493 e. The molecule has 7 heteroatoms. The molecule has 1 aliphatic rings. The quantitative estimate of drug-likeness (QED) is 0.251. The van der Waals surface area contributed by atoms with Crippen LogP contribution in [0.2, 0.25) is 0 Å². The number of hydrogen-bond acceptors (Lipinski definition) is 4. The van der Waals surface area contributed by atoms with Crippen LogP contribution in [0, 0.1) is 5.92 Å². The van der Waals surface area contributed by atoms with Crippen molar-refractivity contribution in [3.05, 3.63) is 18.2 Å². The Morgan fingerprint density at radius 1 is 1.26 bits per heavy atom. The van der Waals surface area contributed by atoms with E-state index in [0.29, 0.717) is 6.61 Å². The van der Waals surface area contributed by atoms with Crippen LogP contribution in [-0.2, 0) is 0 Å². The van der Waals surface area contributed by atoms with Gasteiger partial charge in [-0.15, -0.1) is 24.0 Å². The van der Waals surface area contributed by atoms with Gasteiger partial charge in [-0.3, -0.25) is 4.99 Å². The van der Waals surface area contributed by atoms with Gasteiger partial charge in [-0.05, 0) is 63.9 Å². The van der Waals surface area contributed by atoms with Crippen LogP contribution in [-0.4, -0.2) is 57.8 Å². The molecule has 1 aliphatic heterocycles. The monoisotopic (exact) mass is 490 g/mol. The number of nitrogens with zero attached hydrogens (tertiary/aromatic N) is 2. The summed E-state index contributed by atoms with van der Waals surface area (Å²) in [5.74, 6) is 3.12. The van der Waals surface area contributed by atoms with Crippen LogP contribution < -0.4 is 20.1 Å². The molecule has 154 valence electrons. The molecule has 1 saturated heterocycles. The minimum atomic E-state index is 0. The predicted octanol–water partition coefficient (Wildman–Crippen LogP) is 3.82. The first-order valence-corrected chi connectivity index (χ1v) is 9.67. The third-order valence-corrected chi connectivity index (χ3v) is 4.77. The van der Waals surface area contributed by atoms with Crippen molar-refractivity contribution in [2.45, 2.75) is 33.1 Å². The second-order valence-corrected chi connectivity index (χ2v) is 6.80. The number of ether oxygens (including phenoxy) is 2. The van der Waals surface area contributed by atoms with E-state index in [0.717, 1.165) is 48.6 Å². The van der Waals surface area contributed by atoms with Crippen LogP contribution in [0.4, 0.5) is 5.69 Å². The second-order valence-electron chi connectivity index (χ2n) is 6.80. The maximum absolute atomic E-state index is 5.63. The number of nitrogens with one attached hydrogen (secondary N) is 2. The Hall–Kier alpha value is -1.22. The first-order chi connectivity index (χ1) is 12.7. The number of guanidine groups is 1. The molecule has 0 aliphatic carbocycles. The van der Waals surface area contributed by atoms with Gasteiger partial charge in [0, 0.05) is 25.3 Å². The highest BCUT2D eigenvalue weighted by atomic mass is 127. The summed E-state index contributed by atoms with van der Waals surface area (Å²) >= 11 is 0. The summed E-state index contributed by atoms with van der Waals surface area (Å²) in [5, 5.41) is 6.70. The number of hydrogen-bond donors (Lipinski definition) is 2. The summed E-state index contributed by atoms with van der Waals surface area (Å²) in [4.78, 5) is 6.87. The van der Waals surface area contributed by atoms with Gasteiger partial charge in [-0.2, -0.15) is 0 Å². The van der Waals surface area contributed by atoms with Crippen molar-refractivity contribution in [2.75, 3.05) is 52.3 Å². The highest BCUT2D eigenvalue weighted by Gasteiger charge is 2.14. The summed E-state index contributed by atoms with van der Waals surface area (Å²) in [6.07, 6.45) is 3.77. The van der Waals surface area contributed by atoms with Crippen molar-refractivity contribution in [3.63, 3.8) is 0 Å². The molecule has 2 rings (SSSR count). The molecule has 2 N–H and O–H groups in total. The normalized spacial score (nSPS) is 15.8. The summed E-state index contributed by atoms with van der Waals surface area (Å²) in [6, 6.07) is 5.80. The number of methoxy groups -OCH3 is 1. The average Bonchev–Trinajstić information content (AvgIpc) is 2.66. The molecular weight excluding hydrogens is 455 g/mol. The number of piperidine rings is 1. The Kier molecular flexibility index (Phi) is 11.5. The molecule has 27 heavy (non-hydrogen) atoms. The lowest BCUT2D eigenvalue weighted by molar-refractivity contribution is 0.191. The van der Waals surface area contributed by atoms with Gasteiger partial charge in [0.15, 0.2) is 17.5 Å². The number of halogens is 1. The fourth-order valence-corrected chi connectivity index (χ4v) is 3.13. The van der Waals surface area contributed by atoms with Crippen LogP contribution in [0.1, 0.15) is 33.1 Å². The van der Waals surface area contributed by atoms with E-state index >= 15 is 0 Å². The highest BCUT2D eigenvalue weighted by molar-refractivity contribution is 14.0. The molecule has 0 aromatic heterocycles. The fourth-order valence-electron chi connectivity index (χ4n) is 3.13. The Labute approximate surface area is 181 Å². The van der Waals surface area contributed by atoms with Crippen molar-refractivity contribution in [1.29, 1.82) is 0 Å². The van der Waals surface area contributed by atoms with Gasteiger partial charge >= 0.3 is 0 Å². The van der Waals surface area contributed by atoms with Crippen LogP contribution >= 0.6 is 24.0 Å². The van der Waals surface area contributed by atoms with E-state index in [1.54, 1.807) is 14.2 Å². The van der Waals surface area contributed by atoms with Gasteiger partial charge in [0.2, 0.25) is 0 Å². The number of rotatable bonds is 8. The van der Waals surface area contributed by atoms with Crippen molar-refractivity contribution in [3.8, 4) is 11.5 Å². The van der Waals surface area contributed by atoms with Gasteiger partial charge in [0.1, 0.15) is 0 Å². The van der Waals surface area contributed by atoms with Crippen molar-refractivity contribution in [2.24, 2.45) is 10.9 Å². The second kappa shape index (κ2) is 13.0. The first-order valence-electron chi connectivity index (χ1n) is 9.67. The molecule has 0 saturated carbocycles. The number of aliphatic imine (C=N–C) groups is 1. The van der Waals surface area contributed by atoms with E-state index in [-0.39, 0.29) is 24.0 Å². The molecule has 0 radical (unpaired) electrons. The molecule has 6 nitrogen and oxygen atoms in total. The van der Waals surface area contributed by atoms with E-state index in [1.807, 2.05) is 25.1 Å². The van der Waals surface area contributed by atoms with E-state index in [9.17, 15) is 0 Å². The highest BCUT2D eigenvalue weighted by Crippen LogP contribution is 2.30. The van der Waals surface area contributed by atoms with Gasteiger partial charge in [0.05, 0.1) is 13.7 Å². The topological polar surface area (TPSA) is 58.1 Å². The number of likely N-dealkylation sites (tertiary alicyclic amines) is 1. The van der Waals surface area contributed by atoms with Crippen LogP contribution in [0.5, 0.6) is 11.5 Å². The van der Waals surface area contributed by atoms with E-state index < -0.39 is 0 Å². The Bertz CT molecular complexity index is 575. The lowest BCUT2D eigenvalue weighted by Crippen LogP contribution is -2.36. The van der Waals surface area contributed by atoms with Crippen LogP contribution in [0.3, 0.4) is 0 Å². The smallest absolute Gasteiger partial charge is 0.195 e. The summed E-state index contributed by atoms with van der Waals surface area (Å²) < 4.78 is 11.0. The molecule has 1 aromatic rings. The zero-order valence-electron chi connectivity index (χ0n) is 17.1. The van der Waals surface area contributed by atoms with Crippen molar-refractivity contribution < 1.29 is 9.47 Å². The lowest BCUT2D eigenvalue weighted by Gasteiger charge is -2.30. The van der Waals surface area contributed by atoms with E-state index in [4.69, 9.17) is 9.47 Å². The Morgan fingerprint density at radius 2 is 2.00 bits per heavy atom. The average molecular weight is 490 g/mol. The van der Waals surface area contributed by atoms with Crippen LogP contribution in [0.15, 0.2) is 23.2 Å². The molecule has 1 heterocycles. The van der Waals surface area contributed by atoms with Gasteiger partial charge in [0.25, 0.3) is 0 Å². The standard InChI is InChI=1S/C20H34N4O2.HI/c1-5-26-19-15-17(7-8-18(19)25-4)23-20(21-3)22-11-6-12-24-13-9-16(2)10-14-24;/h7-8,15-16H,5-6,9-14H2,1-4H3,(H2,21,22,23);1H. The van der Waals surface area contributed by atoms with E-state index in [1.165, 1.54) is 25.9 Å². The van der Waals surface area contributed by atoms with Gasteiger partial charge < -0.3 is 25.0 Å². The lowest BCUT2D eigenvalue weighted by atomic mass is 9.99. The molecule has 0 bridgehead atoms. The molecular formula is C20H35IN4O2. The van der Waals surface area contributed by atoms with Crippen molar-refractivity contribution in [1.82, 2.24) is 10.2 Å². The van der Waals surface area contributed by atoms with Gasteiger partial charge in [-0.25, -0.2) is 0 Å². The fraction of sp³-hybridized carbons (Fsp3) is 0.650. The molecule has 1 aromatic carbocycles. The largest absolute Gasteiger partial charge is 0.493 e. The maximum atomic E-state index is 5.63. The SMILES string of the molecule is CCOc1cc(NC(=NC)NCCCN2CCC(C)CC2)ccc1OC.I.